The molecule has 0 aliphatic carbocycles. The molecule has 29 heavy (non-hydrogen) atoms. The van der Waals surface area contributed by atoms with E-state index < -0.39 is 5.54 Å². The largest absolute Gasteiger partial charge is 0.354 e. The number of amides is 2. The number of pyridine rings is 1. The highest BCUT2D eigenvalue weighted by molar-refractivity contribution is 5.99. The summed E-state index contributed by atoms with van der Waals surface area (Å²) < 4.78 is 0. The van der Waals surface area contributed by atoms with Gasteiger partial charge in [0.1, 0.15) is 17.9 Å². The van der Waals surface area contributed by atoms with Gasteiger partial charge in [-0.2, -0.15) is 0 Å². The Hall–Kier alpha value is -2.89. The van der Waals surface area contributed by atoms with Gasteiger partial charge in [-0.15, -0.1) is 0 Å². The van der Waals surface area contributed by atoms with Crippen molar-refractivity contribution in [2.24, 2.45) is 0 Å². The Kier molecular flexibility index (Phi) is 5.03. The van der Waals surface area contributed by atoms with Gasteiger partial charge in [-0.3, -0.25) is 9.59 Å². The number of nitrogens with zero attached hydrogens (tertiary/aromatic N) is 4. The monoisotopic (exact) mass is 392 g/mol. The molecular weight excluding hydrogens is 364 g/mol. The molecule has 2 amide bonds. The van der Waals surface area contributed by atoms with Gasteiger partial charge in [0.25, 0.3) is 5.91 Å². The van der Waals surface area contributed by atoms with Crippen molar-refractivity contribution < 1.29 is 9.59 Å². The summed E-state index contributed by atoms with van der Waals surface area (Å²) in [6.45, 7) is 7.76. The van der Waals surface area contributed by atoms with Crippen LogP contribution in [-0.2, 0) is 16.1 Å². The van der Waals surface area contributed by atoms with Crippen molar-refractivity contribution in [3.63, 3.8) is 0 Å². The highest BCUT2D eigenvalue weighted by Crippen LogP contribution is 2.37. The summed E-state index contributed by atoms with van der Waals surface area (Å²) in [4.78, 5) is 37.0. The lowest BCUT2D eigenvalue weighted by atomic mass is 9.89. The van der Waals surface area contributed by atoms with E-state index in [2.05, 4.69) is 9.88 Å². The number of aryl methyl sites for hydroxylation is 1. The smallest absolute Gasteiger partial charge is 0.251 e. The van der Waals surface area contributed by atoms with E-state index in [1.165, 1.54) is 5.56 Å². The number of hydrogen-bond donors (Lipinski definition) is 0. The molecule has 0 N–H and O–H groups in total. The van der Waals surface area contributed by atoms with Crippen LogP contribution in [0.25, 0.3) is 0 Å². The zero-order chi connectivity index (χ0) is 20.6. The molecule has 2 aliphatic rings. The molecule has 1 spiro atoms. The molecule has 1 unspecified atom stereocenters. The first-order valence-corrected chi connectivity index (χ1v) is 10.2. The maximum atomic E-state index is 13.7. The van der Waals surface area contributed by atoms with Gasteiger partial charge < -0.3 is 14.7 Å². The second-order valence-electron chi connectivity index (χ2n) is 8.38. The molecule has 1 aromatic carbocycles. The van der Waals surface area contributed by atoms with Crippen LogP contribution < -0.4 is 4.90 Å². The Morgan fingerprint density at radius 1 is 1.10 bits per heavy atom. The number of benzene rings is 1. The van der Waals surface area contributed by atoms with Crippen molar-refractivity contribution in [2.75, 3.05) is 24.5 Å². The number of anilines is 1. The van der Waals surface area contributed by atoms with Crippen LogP contribution in [0.5, 0.6) is 0 Å². The van der Waals surface area contributed by atoms with Gasteiger partial charge in [0.15, 0.2) is 0 Å². The number of hydrogen-bond acceptors (Lipinski definition) is 4. The fraction of sp³-hybridized carbons (Fsp3) is 0.435. The number of aromatic nitrogens is 1. The molecular formula is C23H28N4O2. The van der Waals surface area contributed by atoms with Gasteiger partial charge >= 0.3 is 0 Å². The van der Waals surface area contributed by atoms with E-state index in [1.807, 2.05) is 68.1 Å². The zero-order valence-electron chi connectivity index (χ0n) is 17.3. The molecule has 6 heteroatoms. The van der Waals surface area contributed by atoms with Crippen molar-refractivity contribution in [1.29, 1.82) is 0 Å². The molecule has 2 saturated heterocycles. The lowest BCUT2D eigenvalue weighted by Crippen LogP contribution is -2.69. The Bertz CT molecular complexity index is 897. The highest BCUT2D eigenvalue weighted by atomic mass is 16.2. The number of rotatable bonds is 4. The van der Waals surface area contributed by atoms with E-state index in [0.717, 1.165) is 11.4 Å². The molecule has 1 aromatic heterocycles. The quantitative estimate of drug-likeness (QED) is 0.803. The van der Waals surface area contributed by atoms with Gasteiger partial charge in [0.05, 0.1) is 6.54 Å². The standard InChI is InChI=1S/C23H28N4O2/c1-17(2)26-15-21(28)27(14-19-9-7-18(3)8-10-19)23(22(26)29)11-13-25(16-23)20-6-4-5-12-24-20/h4-10,12,17H,11,13-16H2,1-3H3. The van der Waals surface area contributed by atoms with E-state index in [0.29, 0.717) is 26.1 Å². The summed E-state index contributed by atoms with van der Waals surface area (Å²) in [5, 5.41) is 0. The molecule has 0 saturated carbocycles. The predicted molar refractivity (Wildman–Crippen MR) is 112 cm³/mol. The third-order valence-electron chi connectivity index (χ3n) is 6.09. The van der Waals surface area contributed by atoms with E-state index in [4.69, 9.17) is 0 Å². The van der Waals surface area contributed by atoms with Gasteiger partial charge in [0.2, 0.25) is 5.91 Å². The predicted octanol–water partition coefficient (Wildman–Crippen LogP) is 2.62. The second kappa shape index (κ2) is 7.50. The van der Waals surface area contributed by atoms with Crippen LogP contribution in [0.2, 0.25) is 0 Å². The molecule has 0 radical (unpaired) electrons. The zero-order valence-corrected chi connectivity index (χ0v) is 17.3. The van der Waals surface area contributed by atoms with Crippen molar-refractivity contribution >= 4 is 17.6 Å². The van der Waals surface area contributed by atoms with Crippen LogP contribution in [0.4, 0.5) is 5.82 Å². The third-order valence-corrected chi connectivity index (χ3v) is 6.09. The fourth-order valence-corrected chi connectivity index (χ4v) is 4.38. The van der Waals surface area contributed by atoms with Crippen LogP contribution >= 0.6 is 0 Å². The molecule has 6 nitrogen and oxygen atoms in total. The first-order chi connectivity index (χ1) is 13.9. The van der Waals surface area contributed by atoms with E-state index in [-0.39, 0.29) is 24.4 Å². The van der Waals surface area contributed by atoms with E-state index in [1.54, 1.807) is 11.1 Å². The normalized spacial score (nSPS) is 22.3. The summed E-state index contributed by atoms with van der Waals surface area (Å²) in [6, 6.07) is 14.0. The van der Waals surface area contributed by atoms with Gasteiger partial charge in [-0.05, 0) is 44.9 Å². The number of carbonyl (C=O) groups excluding carboxylic acids is 2. The summed E-state index contributed by atoms with van der Waals surface area (Å²) in [7, 11) is 0. The summed E-state index contributed by atoms with van der Waals surface area (Å²) in [6.07, 6.45) is 2.38. The molecule has 0 bridgehead atoms. The molecule has 2 aliphatic heterocycles. The molecule has 1 atom stereocenters. The van der Waals surface area contributed by atoms with Gasteiger partial charge in [-0.25, -0.2) is 4.98 Å². The minimum Gasteiger partial charge on any atom is -0.354 e. The lowest BCUT2D eigenvalue weighted by Gasteiger charge is -2.48. The minimum absolute atomic E-state index is 0.00579. The summed E-state index contributed by atoms with van der Waals surface area (Å²) >= 11 is 0. The Morgan fingerprint density at radius 3 is 2.52 bits per heavy atom. The van der Waals surface area contributed by atoms with Crippen molar-refractivity contribution in [3.05, 3.63) is 59.8 Å². The van der Waals surface area contributed by atoms with E-state index >= 15 is 0 Å². The maximum Gasteiger partial charge on any atom is 0.251 e. The first kappa shape index (κ1) is 19.4. The molecule has 152 valence electrons. The van der Waals surface area contributed by atoms with Crippen molar-refractivity contribution in [1.82, 2.24) is 14.8 Å². The van der Waals surface area contributed by atoms with Crippen LogP contribution in [-0.4, -0.2) is 57.8 Å². The molecule has 3 heterocycles. The molecule has 2 aromatic rings. The van der Waals surface area contributed by atoms with Crippen LogP contribution in [0, 0.1) is 6.92 Å². The van der Waals surface area contributed by atoms with Gasteiger partial charge in [-0.1, -0.05) is 35.9 Å². The van der Waals surface area contributed by atoms with Crippen molar-refractivity contribution in [2.45, 2.75) is 45.3 Å². The minimum atomic E-state index is -0.845. The number of carbonyl (C=O) groups is 2. The Morgan fingerprint density at radius 2 is 1.86 bits per heavy atom. The Balaban J connectivity index is 1.69. The van der Waals surface area contributed by atoms with Gasteiger partial charge in [0, 0.05) is 25.3 Å². The van der Waals surface area contributed by atoms with Crippen LogP contribution in [0.1, 0.15) is 31.4 Å². The second-order valence-corrected chi connectivity index (χ2v) is 8.38. The first-order valence-electron chi connectivity index (χ1n) is 10.2. The number of piperazine rings is 1. The SMILES string of the molecule is Cc1ccc(CN2C(=O)CN(C(C)C)C(=O)C23CCN(c2ccccn2)C3)cc1. The average molecular weight is 393 g/mol. The molecule has 4 rings (SSSR count). The molecule has 2 fully saturated rings. The lowest BCUT2D eigenvalue weighted by molar-refractivity contribution is -0.166. The van der Waals surface area contributed by atoms with E-state index in [9.17, 15) is 9.59 Å². The van der Waals surface area contributed by atoms with Crippen molar-refractivity contribution in [3.8, 4) is 0 Å². The summed E-state index contributed by atoms with van der Waals surface area (Å²) in [5.74, 6) is 0.918. The Labute approximate surface area is 172 Å². The topological polar surface area (TPSA) is 56.8 Å². The highest BCUT2D eigenvalue weighted by Gasteiger charge is 2.56. The summed E-state index contributed by atoms with van der Waals surface area (Å²) in [5.41, 5.74) is 1.38. The van der Waals surface area contributed by atoms with Crippen LogP contribution in [0.3, 0.4) is 0 Å². The maximum absolute atomic E-state index is 13.7. The van der Waals surface area contributed by atoms with Crippen LogP contribution in [0.15, 0.2) is 48.7 Å². The average Bonchev–Trinajstić information content (AvgIpc) is 3.16. The third kappa shape index (κ3) is 3.48. The fourth-order valence-electron chi connectivity index (χ4n) is 4.38.